The molecular weight excluding hydrogens is 606 g/mol. The summed E-state index contributed by atoms with van der Waals surface area (Å²) in [6.45, 7) is 8.02. The van der Waals surface area contributed by atoms with Crippen molar-refractivity contribution >= 4 is 64.9 Å². The van der Waals surface area contributed by atoms with Crippen LogP contribution in [-0.4, -0.2) is 29.1 Å². The molecule has 0 saturated carbocycles. The first-order chi connectivity index (χ1) is 15.2. The van der Waals surface area contributed by atoms with Crippen LogP contribution >= 0.6 is 47.8 Å². The minimum atomic E-state index is -0.227. The maximum atomic E-state index is 13.2. The molecule has 2 aromatic carbocycles. The van der Waals surface area contributed by atoms with Gasteiger partial charge in [0.25, 0.3) is 5.56 Å². The molecule has 0 N–H and O–H groups in total. The van der Waals surface area contributed by atoms with Gasteiger partial charge in [0.1, 0.15) is 5.82 Å². The van der Waals surface area contributed by atoms with Gasteiger partial charge in [-0.1, -0.05) is 36.7 Å². The van der Waals surface area contributed by atoms with Gasteiger partial charge >= 0.3 is 0 Å². The van der Waals surface area contributed by atoms with E-state index >= 15 is 0 Å². The van der Waals surface area contributed by atoms with Gasteiger partial charge < -0.3 is 9.47 Å². The first-order valence-electron chi connectivity index (χ1n) is 10.2. The van der Waals surface area contributed by atoms with E-state index in [1.807, 2.05) is 39.0 Å². The third-order valence-corrected chi connectivity index (χ3v) is 7.57. The summed E-state index contributed by atoms with van der Waals surface area (Å²) in [6, 6.07) is 7.28. The van der Waals surface area contributed by atoms with Gasteiger partial charge in [0.05, 0.1) is 34.8 Å². The second-order valence-corrected chi connectivity index (χ2v) is 10.1. The molecule has 0 aliphatic rings. The summed E-state index contributed by atoms with van der Waals surface area (Å²) < 4.78 is 15.2. The summed E-state index contributed by atoms with van der Waals surface area (Å²) in [7, 11) is 1.59. The first kappa shape index (κ1) is 24.9. The van der Waals surface area contributed by atoms with Crippen LogP contribution in [0.25, 0.3) is 10.9 Å². The van der Waals surface area contributed by atoms with Gasteiger partial charge in [0.2, 0.25) is 0 Å². The molecule has 3 rings (SSSR count). The van der Waals surface area contributed by atoms with Crippen LogP contribution in [0, 0.1) is 0 Å². The fourth-order valence-electron chi connectivity index (χ4n) is 3.02. The van der Waals surface area contributed by atoms with Crippen molar-refractivity contribution in [3.05, 3.63) is 59.4 Å². The van der Waals surface area contributed by atoms with Crippen molar-refractivity contribution in [3.63, 3.8) is 0 Å². The molecule has 0 spiro atoms. The number of methoxy groups -OCH3 is 1. The maximum Gasteiger partial charge on any atom is 0.282 e. The largest absolute Gasteiger partial charge is 0.493 e. The number of fused-ring (bicyclic) bond motifs is 1. The highest BCUT2D eigenvalue weighted by molar-refractivity contribution is 9.13. The van der Waals surface area contributed by atoms with E-state index in [1.54, 1.807) is 19.4 Å². The van der Waals surface area contributed by atoms with Crippen molar-refractivity contribution in [1.82, 2.24) is 9.66 Å². The number of hydrogen-bond acceptors (Lipinski definition) is 5. The van der Waals surface area contributed by atoms with E-state index < -0.39 is 0 Å². The monoisotopic (exact) mass is 627 g/mol. The van der Waals surface area contributed by atoms with Crippen LogP contribution in [0.4, 0.5) is 0 Å². The molecule has 0 aliphatic heterocycles. The number of nitrogens with zero attached hydrogens (tertiary/aromatic N) is 3. The maximum absolute atomic E-state index is 13.2. The average molecular weight is 630 g/mol. The topological polar surface area (TPSA) is 65.7 Å². The predicted octanol–water partition coefficient (Wildman–Crippen LogP) is 6.88. The molecule has 9 heteroatoms. The lowest BCUT2D eigenvalue weighted by Gasteiger charge is -2.19. The second kappa shape index (κ2) is 10.5. The van der Waals surface area contributed by atoms with Gasteiger partial charge in [-0.2, -0.15) is 9.78 Å². The van der Waals surface area contributed by atoms with Crippen molar-refractivity contribution in [2.24, 2.45) is 5.10 Å². The van der Waals surface area contributed by atoms with E-state index in [-0.39, 0.29) is 17.6 Å². The fourth-order valence-corrected chi connectivity index (χ4v) is 4.29. The smallest absolute Gasteiger partial charge is 0.282 e. The molecule has 0 radical (unpaired) electrons. The summed E-state index contributed by atoms with van der Waals surface area (Å²) in [6.07, 6.45) is 2.51. The van der Waals surface area contributed by atoms with E-state index in [1.165, 1.54) is 4.68 Å². The van der Waals surface area contributed by atoms with Gasteiger partial charge in [-0.25, -0.2) is 4.98 Å². The Morgan fingerprint density at radius 3 is 2.50 bits per heavy atom. The predicted molar refractivity (Wildman–Crippen MR) is 140 cm³/mol. The molecule has 0 fully saturated rings. The summed E-state index contributed by atoms with van der Waals surface area (Å²) in [4.78, 5) is 17.9. The number of ether oxygens (including phenoxy) is 2. The van der Waals surface area contributed by atoms with E-state index in [9.17, 15) is 4.79 Å². The molecule has 0 amide bonds. The Bertz CT molecular complexity index is 1240. The average Bonchev–Trinajstić information content (AvgIpc) is 2.77. The molecule has 0 saturated heterocycles. The number of rotatable bonds is 7. The van der Waals surface area contributed by atoms with Crippen LogP contribution in [0.15, 0.2) is 47.6 Å². The van der Waals surface area contributed by atoms with E-state index in [0.717, 1.165) is 25.4 Å². The quantitative estimate of drug-likeness (QED) is 0.268. The molecule has 32 heavy (non-hydrogen) atoms. The van der Waals surface area contributed by atoms with Crippen molar-refractivity contribution < 1.29 is 9.47 Å². The number of hydrogen-bond donors (Lipinski definition) is 0. The SMILES string of the molecule is CC[C@@H](C)Oc1c(OC)cc(C=Nn2c(C(C)C)nc3ccc(Br)cc3c2=O)c(Br)c1Br. The lowest BCUT2D eigenvalue weighted by Crippen LogP contribution is -2.23. The molecule has 1 aromatic heterocycles. The van der Waals surface area contributed by atoms with Crippen molar-refractivity contribution in [2.45, 2.75) is 46.1 Å². The molecule has 170 valence electrons. The Labute approximate surface area is 212 Å². The number of benzene rings is 2. The van der Waals surface area contributed by atoms with Crippen molar-refractivity contribution in [3.8, 4) is 11.5 Å². The Kier molecular flexibility index (Phi) is 8.16. The summed E-state index contributed by atoms with van der Waals surface area (Å²) in [5.41, 5.74) is 1.14. The van der Waals surface area contributed by atoms with Gasteiger partial charge in [-0.3, -0.25) is 4.79 Å². The van der Waals surface area contributed by atoms with Gasteiger partial charge in [0.15, 0.2) is 11.5 Å². The second-order valence-electron chi connectivity index (χ2n) is 7.61. The summed E-state index contributed by atoms with van der Waals surface area (Å²) in [5.74, 6) is 1.77. The van der Waals surface area contributed by atoms with Crippen LogP contribution in [0.3, 0.4) is 0 Å². The highest BCUT2D eigenvalue weighted by Crippen LogP contribution is 2.43. The molecule has 0 aliphatic carbocycles. The molecule has 6 nitrogen and oxygen atoms in total. The highest BCUT2D eigenvalue weighted by Gasteiger charge is 2.19. The van der Waals surface area contributed by atoms with Crippen LogP contribution in [0.2, 0.25) is 0 Å². The zero-order valence-corrected chi connectivity index (χ0v) is 23.2. The highest BCUT2D eigenvalue weighted by atomic mass is 79.9. The molecule has 3 aromatic rings. The van der Waals surface area contributed by atoms with Crippen LogP contribution in [0.1, 0.15) is 51.4 Å². The zero-order chi connectivity index (χ0) is 23.6. The molecule has 0 unspecified atom stereocenters. The zero-order valence-electron chi connectivity index (χ0n) is 18.4. The van der Waals surface area contributed by atoms with Gasteiger partial charge in [-0.05, 0) is 69.5 Å². The Morgan fingerprint density at radius 1 is 1.16 bits per heavy atom. The normalized spacial score (nSPS) is 12.7. The third kappa shape index (κ3) is 5.10. The van der Waals surface area contributed by atoms with Crippen molar-refractivity contribution in [1.29, 1.82) is 0 Å². The van der Waals surface area contributed by atoms with Crippen molar-refractivity contribution in [2.75, 3.05) is 7.11 Å². The number of halogens is 3. The van der Waals surface area contributed by atoms with Crippen LogP contribution < -0.4 is 15.0 Å². The van der Waals surface area contributed by atoms with Gasteiger partial charge in [-0.15, -0.1) is 0 Å². The summed E-state index contributed by atoms with van der Waals surface area (Å²) >= 11 is 10.6. The minimum Gasteiger partial charge on any atom is -0.493 e. The lowest BCUT2D eigenvalue weighted by atomic mass is 10.2. The first-order valence-corrected chi connectivity index (χ1v) is 12.5. The van der Waals surface area contributed by atoms with E-state index in [2.05, 4.69) is 64.8 Å². The molecule has 0 bridgehead atoms. The standard InChI is InChI=1S/C23H24Br3N3O3/c1-6-13(4)32-21-18(31-5)9-14(19(25)20(21)26)11-27-29-22(12(2)3)28-17-8-7-15(24)10-16(17)23(29)30/h7-13H,6H2,1-5H3/t13-/m1/s1. The summed E-state index contributed by atoms with van der Waals surface area (Å²) in [5, 5.41) is 5.01. The molecule has 1 heterocycles. The van der Waals surface area contributed by atoms with Gasteiger partial charge in [0, 0.05) is 20.4 Å². The number of aromatic nitrogens is 2. The Balaban J connectivity index is 2.15. The minimum absolute atomic E-state index is 0.00363. The van der Waals surface area contributed by atoms with Crippen LogP contribution in [0.5, 0.6) is 11.5 Å². The molecular formula is C23H24Br3N3O3. The third-order valence-electron chi connectivity index (χ3n) is 4.93. The van der Waals surface area contributed by atoms with Crippen LogP contribution in [-0.2, 0) is 0 Å². The van der Waals surface area contributed by atoms with E-state index in [4.69, 9.17) is 9.47 Å². The fraction of sp³-hybridized carbons (Fsp3) is 0.348. The molecule has 1 atom stereocenters. The lowest BCUT2D eigenvalue weighted by molar-refractivity contribution is 0.206. The Hall–Kier alpha value is -1.71. The van der Waals surface area contributed by atoms with E-state index in [0.29, 0.717) is 28.2 Å². The Morgan fingerprint density at radius 2 is 1.88 bits per heavy atom.